The minimum Gasteiger partial charge on any atom is -0.320 e. The molecule has 8 heteroatoms. The lowest BCUT2D eigenvalue weighted by molar-refractivity contribution is -0.136. The number of hydrogen-bond acceptors (Lipinski definition) is 2. The quantitative estimate of drug-likeness (QED) is 0.459. The van der Waals surface area contributed by atoms with Crippen LogP contribution < -0.4 is 5.32 Å². The maximum atomic E-state index is 13.3. The van der Waals surface area contributed by atoms with Gasteiger partial charge >= 0.3 is 12.2 Å². The van der Waals surface area contributed by atoms with Gasteiger partial charge in [0.2, 0.25) is 0 Å². The van der Waals surface area contributed by atoms with Crippen LogP contribution in [0.1, 0.15) is 25.0 Å². The van der Waals surface area contributed by atoms with Crippen LogP contribution in [-0.2, 0) is 12.7 Å². The monoisotopic (exact) mass is 435 g/mol. The molecule has 2 aromatic carbocycles. The third kappa shape index (κ3) is 5.21. The molecule has 0 aliphatic heterocycles. The number of nitrogens with zero attached hydrogens (tertiary/aromatic N) is 2. The van der Waals surface area contributed by atoms with Gasteiger partial charge in [-0.3, -0.25) is 0 Å². The number of carbonyl (C=O) groups excluding carboxylic acids is 1. The van der Waals surface area contributed by atoms with Crippen LogP contribution in [0.15, 0.2) is 54.6 Å². The van der Waals surface area contributed by atoms with Crippen molar-refractivity contribution in [1.29, 1.82) is 0 Å². The van der Waals surface area contributed by atoms with Crippen molar-refractivity contribution < 1.29 is 18.0 Å². The predicted octanol–water partition coefficient (Wildman–Crippen LogP) is 6.60. The first-order chi connectivity index (χ1) is 14.1. The summed E-state index contributed by atoms with van der Waals surface area (Å²) < 4.78 is 39.8. The van der Waals surface area contributed by atoms with E-state index in [2.05, 4.69) is 10.3 Å². The number of benzene rings is 2. The predicted molar refractivity (Wildman–Crippen MR) is 112 cm³/mol. The summed E-state index contributed by atoms with van der Waals surface area (Å²) in [6, 6.07) is 13.5. The van der Waals surface area contributed by atoms with Crippen molar-refractivity contribution in [2.24, 2.45) is 5.92 Å². The average molecular weight is 436 g/mol. The first-order valence-corrected chi connectivity index (χ1v) is 9.79. The van der Waals surface area contributed by atoms with Gasteiger partial charge in [-0.2, -0.15) is 13.2 Å². The number of hydrogen-bond donors (Lipinski definition) is 1. The Labute approximate surface area is 177 Å². The number of pyridine rings is 1. The van der Waals surface area contributed by atoms with Crippen molar-refractivity contribution in [2.45, 2.75) is 26.6 Å². The Balaban J connectivity index is 1.88. The van der Waals surface area contributed by atoms with Gasteiger partial charge in [0.25, 0.3) is 0 Å². The van der Waals surface area contributed by atoms with Gasteiger partial charge < -0.3 is 10.2 Å². The molecule has 2 amide bonds. The molecule has 0 saturated carbocycles. The summed E-state index contributed by atoms with van der Waals surface area (Å²) >= 11 is 6.32. The van der Waals surface area contributed by atoms with E-state index in [0.29, 0.717) is 12.1 Å². The van der Waals surface area contributed by atoms with E-state index in [9.17, 15) is 18.0 Å². The fourth-order valence-corrected chi connectivity index (χ4v) is 3.35. The van der Waals surface area contributed by atoms with Gasteiger partial charge in [-0.15, -0.1) is 0 Å². The van der Waals surface area contributed by atoms with Crippen molar-refractivity contribution in [3.05, 3.63) is 70.9 Å². The van der Waals surface area contributed by atoms with E-state index in [4.69, 9.17) is 11.6 Å². The largest absolute Gasteiger partial charge is 0.418 e. The van der Waals surface area contributed by atoms with Crippen LogP contribution in [0.4, 0.5) is 23.7 Å². The standard InChI is InChI=1S/C22H21ClF3N3O/c1-14(2)12-29(13-16-11-15-7-3-5-9-18(15)27-20(16)23)21(30)28-19-10-6-4-8-17(19)22(24,25)26/h3-11,14H,12-13H2,1-2H3,(H,28,30). The molecule has 3 aromatic rings. The van der Waals surface area contributed by atoms with Crippen LogP contribution in [-0.4, -0.2) is 22.5 Å². The number of aromatic nitrogens is 1. The fraction of sp³-hybridized carbons (Fsp3) is 0.273. The molecule has 0 fully saturated rings. The topological polar surface area (TPSA) is 45.2 Å². The van der Waals surface area contributed by atoms with Crippen molar-refractivity contribution >= 4 is 34.2 Å². The number of fused-ring (bicyclic) bond motifs is 1. The van der Waals surface area contributed by atoms with E-state index in [-0.39, 0.29) is 23.3 Å². The molecule has 0 atom stereocenters. The minimum absolute atomic E-state index is 0.0980. The van der Waals surface area contributed by atoms with Crippen molar-refractivity contribution in [2.75, 3.05) is 11.9 Å². The third-order valence-electron chi connectivity index (χ3n) is 4.46. The zero-order chi connectivity index (χ0) is 21.9. The highest BCUT2D eigenvalue weighted by atomic mass is 35.5. The Morgan fingerprint density at radius 1 is 1.13 bits per heavy atom. The molecule has 0 radical (unpaired) electrons. The zero-order valence-electron chi connectivity index (χ0n) is 16.5. The molecule has 1 heterocycles. The number of urea groups is 1. The molecule has 0 aliphatic carbocycles. The Hall–Kier alpha value is -2.80. The average Bonchev–Trinajstić information content (AvgIpc) is 2.67. The number of rotatable bonds is 5. The van der Waals surface area contributed by atoms with Crippen molar-refractivity contribution in [3.8, 4) is 0 Å². The summed E-state index contributed by atoms with van der Waals surface area (Å²) in [5, 5.41) is 3.52. The third-order valence-corrected chi connectivity index (χ3v) is 4.79. The lowest BCUT2D eigenvalue weighted by Crippen LogP contribution is -2.37. The normalized spacial score (nSPS) is 11.7. The van der Waals surface area contributed by atoms with Crippen LogP contribution in [0.2, 0.25) is 5.15 Å². The van der Waals surface area contributed by atoms with Crippen LogP contribution in [0, 0.1) is 5.92 Å². The van der Waals surface area contributed by atoms with Crippen molar-refractivity contribution in [3.63, 3.8) is 0 Å². The number of halogens is 4. The van der Waals surface area contributed by atoms with Gasteiger partial charge in [0.1, 0.15) is 5.15 Å². The fourth-order valence-electron chi connectivity index (χ4n) is 3.15. The summed E-state index contributed by atoms with van der Waals surface area (Å²) in [5.74, 6) is 0.0980. The van der Waals surface area contributed by atoms with Gasteiger partial charge in [0.05, 0.1) is 23.3 Å². The summed E-state index contributed by atoms with van der Waals surface area (Å²) in [6.45, 7) is 4.30. The van der Waals surface area contributed by atoms with E-state index in [1.807, 2.05) is 44.2 Å². The van der Waals surface area contributed by atoms with E-state index in [0.717, 1.165) is 17.0 Å². The van der Waals surface area contributed by atoms with Gasteiger partial charge in [-0.1, -0.05) is 55.8 Å². The molecule has 4 nitrogen and oxygen atoms in total. The molecular weight excluding hydrogens is 415 g/mol. The van der Waals surface area contributed by atoms with Crippen LogP contribution >= 0.6 is 11.6 Å². The molecule has 0 saturated heterocycles. The molecule has 1 aromatic heterocycles. The molecule has 158 valence electrons. The molecule has 0 bridgehead atoms. The molecule has 0 spiro atoms. The number of anilines is 1. The number of para-hydroxylation sites is 2. The number of nitrogens with one attached hydrogen (secondary N) is 1. The molecule has 0 unspecified atom stereocenters. The molecular formula is C22H21ClF3N3O. The molecule has 1 N–H and O–H groups in total. The second kappa shape index (κ2) is 8.92. The summed E-state index contributed by atoms with van der Waals surface area (Å²) in [7, 11) is 0. The highest BCUT2D eigenvalue weighted by Gasteiger charge is 2.34. The summed E-state index contributed by atoms with van der Waals surface area (Å²) in [6.07, 6.45) is -4.57. The Morgan fingerprint density at radius 2 is 1.80 bits per heavy atom. The Kier molecular flexibility index (Phi) is 6.51. The molecule has 3 rings (SSSR count). The number of alkyl halides is 3. The second-order valence-electron chi connectivity index (χ2n) is 7.38. The Morgan fingerprint density at radius 3 is 2.50 bits per heavy atom. The van der Waals surface area contributed by atoms with E-state index >= 15 is 0 Å². The summed E-state index contributed by atoms with van der Waals surface area (Å²) in [4.78, 5) is 18.7. The number of amides is 2. The lowest BCUT2D eigenvalue weighted by atomic mass is 10.1. The minimum atomic E-state index is -4.57. The van der Waals surface area contributed by atoms with E-state index < -0.39 is 17.8 Å². The van der Waals surface area contributed by atoms with Crippen molar-refractivity contribution in [1.82, 2.24) is 9.88 Å². The second-order valence-corrected chi connectivity index (χ2v) is 7.74. The maximum Gasteiger partial charge on any atom is 0.418 e. The lowest BCUT2D eigenvalue weighted by Gasteiger charge is -2.26. The molecule has 30 heavy (non-hydrogen) atoms. The highest BCUT2D eigenvalue weighted by molar-refractivity contribution is 6.30. The molecule has 0 aliphatic rings. The van der Waals surface area contributed by atoms with Gasteiger partial charge in [-0.25, -0.2) is 9.78 Å². The summed E-state index contributed by atoms with van der Waals surface area (Å²) in [5.41, 5.74) is 0.167. The first-order valence-electron chi connectivity index (χ1n) is 9.41. The first kappa shape index (κ1) is 21.9. The maximum absolute atomic E-state index is 13.3. The zero-order valence-corrected chi connectivity index (χ0v) is 17.3. The van der Waals surface area contributed by atoms with Crippen LogP contribution in [0.25, 0.3) is 10.9 Å². The SMILES string of the molecule is CC(C)CN(Cc1cc2ccccc2nc1Cl)C(=O)Nc1ccccc1C(F)(F)F. The van der Waals surface area contributed by atoms with E-state index in [1.54, 1.807) is 0 Å². The van der Waals surface area contributed by atoms with Gasteiger partial charge in [-0.05, 0) is 30.2 Å². The van der Waals surface area contributed by atoms with Crippen LogP contribution in [0.5, 0.6) is 0 Å². The van der Waals surface area contributed by atoms with Gasteiger partial charge in [0.15, 0.2) is 0 Å². The number of carbonyl (C=O) groups is 1. The van der Waals surface area contributed by atoms with E-state index in [1.165, 1.54) is 23.1 Å². The highest BCUT2D eigenvalue weighted by Crippen LogP contribution is 2.34. The van der Waals surface area contributed by atoms with Crippen LogP contribution in [0.3, 0.4) is 0 Å². The van der Waals surface area contributed by atoms with Gasteiger partial charge in [0, 0.05) is 17.5 Å². The Bertz CT molecular complexity index is 1050. The smallest absolute Gasteiger partial charge is 0.320 e.